The van der Waals surface area contributed by atoms with Gasteiger partial charge in [-0.25, -0.2) is 0 Å². The highest BCUT2D eigenvalue weighted by Gasteiger charge is 2.27. The Morgan fingerprint density at radius 3 is 2.78 bits per heavy atom. The molecule has 3 nitrogen and oxygen atoms in total. The molecule has 1 unspecified atom stereocenters. The van der Waals surface area contributed by atoms with Crippen LogP contribution in [0.5, 0.6) is 0 Å². The van der Waals surface area contributed by atoms with Crippen LogP contribution in [-0.4, -0.2) is 21.9 Å². The summed E-state index contributed by atoms with van der Waals surface area (Å²) in [6.07, 6.45) is 2.56. The minimum absolute atomic E-state index is 0.140. The molecule has 0 saturated heterocycles. The highest BCUT2D eigenvalue weighted by molar-refractivity contribution is 5.90. The maximum absolute atomic E-state index is 12.9. The maximum Gasteiger partial charge on any atom is 0.227 e. The fraction of sp³-hybridized carbons (Fsp3) is 0.250. The van der Waals surface area contributed by atoms with E-state index in [-0.39, 0.29) is 11.9 Å². The molecular weight excluding hydrogens is 284 g/mol. The zero-order valence-corrected chi connectivity index (χ0v) is 13.3. The first-order valence-corrected chi connectivity index (χ1v) is 8.15. The standard InChI is InChI=1S/C20H20N2O/c1-15-19-10-5-11-21(19)12-13-22(15)20(23)14-17-8-4-7-16-6-2-3-9-18(16)17/h2-11,15H,12-14H2,1H3. The Labute approximate surface area is 136 Å². The molecule has 0 N–H and O–H groups in total. The van der Waals surface area contributed by atoms with Gasteiger partial charge in [0.25, 0.3) is 0 Å². The summed E-state index contributed by atoms with van der Waals surface area (Å²) in [6.45, 7) is 3.78. The predicted octanol–water partition coefficient (Wildman–Crippen LogP) is 3.79. The van der Waals surface area contributed by atoms with Crippen molar-refractivity contribution in [2.24, 2.45) is 0 Å². The smallest absolute Gasteiger partial charge is 0.227 e. The molecule has 0 aliphatic carbocycles. The first-order valence-electron chi connectivity index (χ1n) is 8.15. The van der Waals surface area contributed by atoms with Crippen molar-refractivity contribution in [3.8, 4) is 0 Å². The first-order chi connectivity index (χ1) is 11.2. The van der Waals surface area contributed by atoms with Gasteiger partial charge in [0.1, 0.15) is 0 Å². The molecule has 1 aliphatic heterocycles. The van der Waals surface area contributed by atoms with Crippen molar-refractivity contribution in [3.63, 3.8) is 0 Å². The normalized spacial score (nSPS) is 17.3. The first kappa shape index (κ1) is 14.1. The molecule has 3 aromatic rings. The van der Waals surface area contributed by atoms with Crippen LogP contribution in [0.2, 0.25) is 0 Å². The molecule has 1 aromatic heterocycles. The minimum atomic E-state index is 0.140. The maximum atomic E-state index is 12.9. The van der Waals surface area contributed by atoms with Gasteiger partial charge in [-0.3, -0.25) is 4.79 Å². The second-order valence-corrected chi connectivity index (χ2v) is 6.20. The van der Waals surface area contributed by atoms with Crippen LogP contribution in [0, 0.1) is 0 Å². The number of fused-ring (bicyclic) bond motifs is 2. The van der Waals surface area contributed by atoms with E-state index in [0.29, 0.717) is 6.42 Å². The van der Waals surface area contributed by atoms with E-state index in [1.165, 1.54) is 16.5 Å². The zero-order chi connectivity index (χ0) is 15.8. The van der Waals surface area contributed by atoms with Crippen molar-refractivity contribution >= 4 is 16.7 Å². The lowest BCUT2D eigenvalue weighted by molar-refractivity contribution is -0.133. The van der Waals surface area contributed by atoms with E-state index in [1.807, 2.05) is 23.1 Å². The molecule has 1 amide bonds. The molecule has 2 aromatic carbocycles. The van der Waals surface area contributed by atoms with Gasteiger partial charge in [0, 0.05) is 25.0 Å². The second-order valence-electron chi connectivity index (χ2n) is 6.20. The van der Waals surface area contributed by atoms with Crippen LogP contribution in [0.3, 0.4) is 0 Å². The Kier molecular flexibility index (Phi) is 3.41. The van der Waals surface area contributed by atoms with Crippen LogP contribution < -0.4 is 0 Å². The van der Waals surface area contributed by atoms with Crippen molar-refractivity contribution in [2.45, 2.75) is 25.9 Å². The van der Waals surface area contributed by atoms with Crippen LogP contribution in [0.1, 0.15) is 24.2 Å². The van der Waals surface area contributed by atoms with E-state index in [9.17, 15) is 4.79 Å². The highest BCUT2D eigenvalue weighted by Crippen LogP contribution is 2.27. The third kappa shape index (κ3) is 2.42. The SMILES string of the molecule is CC1c2cccn2CCN1C(=O)Cc1cccc2ccccc12. The van der Waals surface area contributed by atoms with Gasteiger partial charge in [-0.05, 0) is 35.4 Å². The number of hydrogen-bond acceptors (Lipinski definition) is 1. The van der Waals surface area contributed by atoms with Crippen LogP contribution in [0.15, 0.2) is 60.8 Å². The van der Waals surface area contributed by atoms with Crippen molar-refractivity contribution in [3.05, 3.63) is 72.1 Å². The molecule has 3 heteroatoms. The Morgan fingerprint density at radius 1 is 1.04 bits per heavy atom. The third-order valence-corrected chi connectivity index (χ3v) is 4.88. The van der Waals surface area contributed by atoms with Gasteiger partial charge in [0.2, 0.25) is 5.91 Å². The summed E-state index contributed by atoms with van der Waals surface area (Å²) in [6, 6.07) is 18.8. The van der Waals surface area contributed by atoms with Gasteiger partial charge in [0.05, 0.1) is 12.5 Å². The molecule has 1 aliphatic rings. The summed E-state index contributed by atoms with van der Waals surface area (Å²) < 4.78 is 2.24. The van der Waals surface area contributed by atoms with E-state index >= 15 is 0 Å². The van der Waals surface area contributed by atoms with Crippen LogP contribution >= 0.6 is 0 Å². The summed E-state index contributed by atoms with van der Waals surface area (Å²) in [5.74, 6) is 0.210. The van der Waals surface area contributed by atoms with E-state index in [4.69, 9.17) is 0 Å². The molecular formula is C20H20N2O. The predicted molar refractivity (Wildman–Crippen MR) is 92.2 cm³/mol. The van der Waals surface area contributed by atoms with E-state index in [1.54, 1.807) is 0 Å². The molecule has 4 rings (SSSR count). The van der Waals surface area contributed by atoms with Gasteiger partial charge in [-0.15, -0.1) is 0 Å². The lowest BCUT2D eigenvalue weighted by Crippen LogP contribution is -2.41. The summed E-state index contributed by atoms with van der Waals surface area (Å²) in [5, 5.41) is 2.37. The minimum Gasteiger partial charge on any atom is -0.348 e. The number of rotatable bonds is 2. The summed E-state index contributed by atoms with van der Waals surface area (Å²) in [5.41, 5.74) is 2.34. The topological polar surface area (TPSA) is 25.2 Å². The molecule has 0 radical (unpaired) electrons. The quantitative estimate of drug-likeness (QED) is 0.707. The molecule has 116 valence electrons. The van der Waals surface area contributed by atoms with Gasteiger partial charge in [0.15, 0.2) is 0 Å². The fourth-order valence-electron chi connectivity index (χ4n) is 3.63. The molecule has 0 saturated carbocycles. The monoisotopic (exact) mass is 304 g/mol. The average molecular weight is 304 g/mol. The van der Waals surface area contributed by atoms with Crippen molar-refractivity contribution < 1.29 is 4.79 Å². The van der Waals surface area contributed by atoms with E-state index in [0.717, 1.165) is 18.7 Å². The van der Waals surface area contributed by atoms with E-state index in [2.05, 4.69) is 54.1 Å². The molecule has 0 spiro atoms. The highest BCUT2D eigenvalue weighted by atomic mass is 16.2. The Balaban J connectivity index is 1.61. The molecule has 0 bridgehead atoms. The molecule has 23 heavy (non-hydrogen) atoms. The third-order valence-electron chi connectivity index (χ3n) is 4.88. The van der Waals surface area contributed by atoms with Crippen LogP contribution in [0.25, 0.3) is 10.8 Å². The van der Waals surface area contributed by atoms with Gasteiger partial charge in [-0.1, -0.05) is 42.5 Å². The Bertz CT molecular complexity index is 859. The Hall–Kier alpha value is -2.55. The summed E-state index contributed by atoms with van der Waals surface area (Å²) in [4.78, 5) is 14.9. The number of amides is 1. The van der Waals surface area contributed by atoms with Gasteiger partial charge < -0.3 is 9.47 Å². The van der Waals surface area contributed by atoms with E-state index < -0.39 is 0 Å². The van der Waals surface area contributed by atoms with Crippen LogP contribution in [-0.2, 0) is 17.8 Å². The fourth-order valence-corrected chi connectivity index (χ4v) is 3.63. The Morgan fingerprint density at radius 2 is 1.87 bits per heavy atom. The zero-order valence-electron chi connectivity index (χ0n) is 13.3. The summed E-state index contributed by atoms with van der Waals surface area (Å²) in [7, 11) is 0. The van der Waals surface area contributed by atoms with Crippen molar-refractivity contribution in [2.75, 3.05) is 6.54 Å². The molecule has 0 fully saturated rings. The number of carbonyl (C=O) groups is 1. The van der Waals surface area contributed by atoms with Gasteiger partial charge >= 0.3 is 0 Å². The number of nitrogens with zero attached hydrogens (tertiary/aromatic N) is 2. The number of aromatic nitrogens is 1. The number of benzene rings is 2. The number of carbonyl (C=O) groups excluding carboxylic acids is 1. The largest absolute Gasteiger partial charge is 0.348 e. The number of hydrogen-bond donors (Lipinski definition) is 0. The van der Waals surface area contributed by atoms with Crippen molar-refractivity contribution in [1.29, 1.82) is 0 Å². The summed E-state index contributed by atoms with van der Waals surface area (Å²) >= 11 is 0. The lowest BCUT2D eigenvalue weighted by atomic mass is 10.0. The molecule has 2 heterocycles. The van der Waals surface area contributed by atoms with Crippen LogP contribution in [0.4, 0.5) is 0 Å². The van der Waals surface area contributed by atoms with Crippen molar-refractivity contribution in [1.82, 2.24) is 9.47 Å². The molecule has 1 atom stereocenters. The second kappa shape index (κ2) is 5.58. The lowest BCUT2D eigenvalue weighted by Gasteiger charge is -2.35. The average Bonchev–Trinajstić information content (AvgIpc) is 3.05. The van der Waals surface area contributed by atoms with Gasteiger partial charge in [-0.2, -0.15) is 0 Å².